The van der Waals surface area contributed by atoms with Crippen LogP contribution in [0.15, 0.2) is 42.7 Å². The number of piperidine rings is 1. The quantitative estimate of drug-likeness (QED) is 0.564. The van der Waals surface area contributed by atoms with Crippen LogP contribution in [-0.4, -0.2) is 53.2 Å². The summed E-state index contributed by atoms with van der Waals surface area (Å²) in [6, 6.07) is 6.18. The third kappa shape index (κ3) is 4.76. The van der Waals surface area contributed by atoms with Crippen molar-refractivity contribution in [2.45, 2.75) is 39.3 Å². The molecule has 0 bridgehead atoms. The van der Waals surface area contributed by atoms with Crippen LogP contribution in [0.2, 0.25) is 5.02 Å². The lowest BCUT2D eigenvalue weighted by molar-refractivity contribution is 0.211. The Morgan fingerprint density at radius 2 is 2.03 bits per heavy atom. The second-order valence-corrected chi connectivity index (χ2v) is 8.00. The van der Waals surface area contributed by atoms with Crippen molar-refractivity contribution in [3.8, 4) is 0 Å². The molecule has 0 saturated carbocycles. The maximum atomic E-state index is 6.21. The Balaban J connectivity index is 1.40. The molecule has 0 radical (unpaired) electrons. The minimum atomic E-state index is 0.355. The van der Waals surface area contributed by atoms with Gasteiger partial charge in [0.25, 0.3) is 0 Å². The maximum Gasteiger partial charge on any atom is 0.171 e. The second kappa shape index (κ2) is 8.79. The predicted molar refractivity (Wildman–Crippen MR) is 116 cm³/mol. The number of hydrogen-bond donors (Lipinski definition) is 0. The van der Waals surface area contributed by atoms with Crippen molar-refractivity contribution in [3.63, 3.8) is 0 Å². The first-order valence-corrected chi connectivity index (χ1v) is 10.4. The fourth-order valence-corrected chi connectivity index (χ4v) is 3.82. The van der Waals surface area contributed by atoms with Crippen molar-refractivity contribution in [2.75, 3.05) is 13.1 Å². The Labute approximate surface area is 180 Å². The van der Waals surface area contributed by atoms with Crippen LogP contribution in [0.25, 0.3) is 6.08 Å². The molecule has 0 aliphatic carbocycles. The summed E-state index contributed by atoms with van der Waals surface area (Å²) in [7, 11) is 0. The highest BCUT2D eigenvalue weighted by Crippen LogP contribution is 2.24. The Bertz CT molecular complexity index is 1060. The number of nitrogens with zero attached hydrogens (tertiary/aromatic N) is 8. The largest absolute Gasteiger partial charge is 0.372 e. The summed E-state index contributed by atoms with van der Waals surface area (Å²) >= 11 is 6.21. The molecule has 0 atom stereocenters. The Morgan fingerprint density at radius 1 is 1.23 bits per heavy atom. The number of aryl methyl sites for hydroxylation is 2. The monoisotopic (exact) mass is 424 g/mol. The molecule has 8 nitrogen and oxygen atoms in total. The molecule has 0 unspecified atom stereocenters. The van der Waals surface area contributed by atoms with Crippen LogP contribution in [0.1, 0.15) is 41.5 Å². The van der Waals surface area contributed by atoms with Gasteiger partial charge in [0.1, 0.15) is 0 Å². The van der Waals surface area contributed by atoms with E-state index in [1.807, 2.05) is 43.0 Å². The summed E-state index contributed by atoms with van der Waals surface area (Å²) in [4.78, 5) is 5.73. The molecule has 3 aromatic rings. The zero-order chi connectivity index (χ0) is 21.1. The van der Waals surface area contributed by atoms with Crippen LogP contribution in [0.4, 0.5) is 0 Å². The van der Waals surface area contributed by atoms with Gasteiger partial charge in [-0.05, 0) is 61.2 Å². The maximum absolute atomic E-state index is 6.21. The van der Waals surface area contributed by atoms with E-state index in [0.29, 0.717) is 23.4 Å². The highest BCUT2D eigenvalue weighted by Gasteiger charge is 2.22. The van der Waals surface area contributed by atoms with Crippen molar-refractivity contribution in [1.82, 2.24) is 40.1 Å². The zero-order valence-corrected chi connectivity index (χ0v) is 18.0. The van der Waals surface area contributed by atoms with E-state index in [0.717, 1.165) is 48.4 Å². The first-order chi connectivity index (χ1) is 14.5. The molecule has 9 heteroatoms. The summed E-state index contributed by atoms with van der Waals surface area (Å²) in [5.41, 5.74) is 4.04. The molecule has 1 aliphatic rings. The van der Waals surface area contributed by atoms with Gasteiger partial charge in [-0.1, -0.05) is 30.3 Å². The molecule has 1 saturated heterocycles. The number of likely N-dealkylation sites (tertiary alicyclic amines) is 1. The molecular weight excluding hydrogens is 400 g/mol. The summed E-state index contributed by atoms with van der Waals surface area (Å²) in [5, 5.41) is 21.8. The summed E-state index contributed by atoms with van der Waals surface area (Å²) < 4.78 is 0. The average molecular weight is 425 g/mol. The van der Waals surface area contributed by atoms with Gasteiger partial charge in [0, 0.05) is 23.8 Å². The van der Waals surface area contributed by atoms with Gasteiger partial charge >= 0.3 is 0 Å². The van der Waals surface area contributed by atoms with Crippen molar-refractivity contribution < 1.29 is 0 Å². The van der Waals surface area contributed by atoms with Crippen LogP contribution in [0.3, 0.4) is 0 Å². The van der Waals surface area contributed by atoms with E-state index in [-0.39, 0.29) is 0 Å². The van der Waals surface area contributed by atoms with Crippen LogP contribution in [0, 0.1) is 13.8 Å². The number of benzene rings is 1. The van der Waals surface area contributed by atoms with E-state index in [2.05, 4.69) is 49.2 Å². The van der Waals surface area contributed by atoms with E-state index >= 15 is 0 Å². The van der Waals surface area contributed by atoms with Gasteiger partial charge < -0.3 is 4.90 Å². The van der Waals surface area contributed by atoms with Crippen LogP contribution < -0.4 is 0 Å². The number of aromatic nitrogens is 7. The number of rotatable bonds is 6. The molecule has 156 valence electrons. The molecule has 3 heterocycles. The highest BCUT2D eigenvalue weighted by molar-refractivity contribution is 6.30. The number of tetrazole rings is 1. The lowest BCUT2D eigenvalue weighted by atomic mass is 10.0. The first kappa shape index (κ1) is 20.3. The van der Waals surface area contributed by atoms with E-state index in [1.165, 1.54) is 0 Å². The van der Waals surface area contributed by atoms with Gasteiger partial charge in [0.15, 0.2) is 5.82 Å². The normalized spacial score (nSPS) is 15.2. The smallest absolute Gasteiger partial charge is 0.171 e. The van der Waals surface area contributed by atoms with Gasteiger partial charge in [-0.25, -0.2) is 0 Å². The van der Waals surface area contributed by atoms with Crippen molar-refractivity contribution >= 4 is 17.7 Å². The molecule has 30 heavy (non-hydrogen) atoms. The van der Waals surface area contributed by atoms with Crippen LogP contribution in [-0.2, 0) is 6.54 Å². The summed E-state index contributed by atoms with van der Waals surface area (Å²) in [6.07, 6.45) is 7.95. The van der Waals surface area contributed by atoms with E-state index in [9.17, 15) is 0 Å². The van der Waals surface area contributed by atoms with Crippen molar-refractivity contribution in [3.05, 3.63) is 70.4 Å². The highest BCUT2D eigenvalue weighted by atomic mass is 35.5. The third-order valence-electron chi connectivity index (χ3n) is 5.25. The molecular formula is C21H25ClN8. The molecule has 4 rings (SSSR count). The van der Waals surface area contributed by atoms with E-state index in [1.54, 1.807) is 4.80 Å². The van der Waals surface area contributed by atoms with Crippen molar-refractivity contribution in [1.29, 1.82) is 0 Å². The second-order valence-electron chi connectivity index (χ2n) is 7.56. The lowest BCUT2D eigenvalue weighted by Gasteiger charge is -2.33. The number of hydrogen-bond acceptors (Lipinski definition) is 6. The predicted octanol–water partition coefficient (Wildman–Crippen LogP) is 3.45. The summed E-state index contributed by atoms with van der Waals surface area (Å²) in [5.74, 6) is 0.645. The molecule has 1 aliphatic heterocycles. The number of halogens is 1. The van der Waals surface area contributed by atoms with E-state index in [4.69, 9.17) is 11.6 Å². The minimum absolute atomic E-state index is 0.355. The van der Waals surface area contributed by atoms with Crippen LogP contribution in [0.5, 0.6) is 0 Å². The zero-order valence-electron chi connectivity index (χ0n) is 17.2. The minimum Gasteiger partial charge on any atom is -0.372 e. The third-order valence-corrected chi connectivity index (χ3v) is 5.48. The topological polar surface area (TPSA) is 77.5 Å². The van der Waals surface area contributed by atoms with Gasteiger partial charge in [-0.15, -0.1) is 10.2 Å². The molecule has 2 aromatic heterocycles. The van der Waals surface area contributed by atoms with Gasteiger partial charge in [0.05, 0.1) is 24.5 Å². The lowest BCUT2D eigenvalue weighted by Crippen LogP contribution is -2.34. The Hall–Kier alpha value is -3.00. The first-order valence-electron chi connectivity index (χ1n) is 10.0. The number of allylic oxidation sites excluding steroid dienone is 1. The molecule has 0 N–H and O–H groups in total. The standard InChI is InChI=1S/C21H25ClN8/c1-15-13-23-30(25-15)21-8-10-28(11-9-21)16(2)4-5-18-6-7-20(22)12-19(18)14-29-26-17(3)24-27-29/h4-7,12-13,21H,2,8-11,14H2,1,3H3/b5-4+. The molecule has 0 spiro atoms. The SMILES string of the molecule is C=C(/C=C/c1ccc(Cl)cc1Cn1nnc(C)n1)N1CCC(n2ncc(C)n2)CC1. The molecule has 1 aromatic carbocycles. The van der Waals surface area contributed by atoms with Gasteiger partial charge in [-0.3, -0.25) is 0 Å². The van der Waals surface area contributed by atoms with E-state index < -0.39 is 0 Å². The Morgan fingerprint density at radius 3 is 2.70 bits per heavy atom. The summed E-state index contributed by atoms with van der Waals surface area (Å²) in [6.45, 7) is 10.4. The van der Waals surface area contributed by atoms with Crippen molar-refractivity contribution in [2.24, 2.45) is 0 Å². The fraction of sp³-hybridized carbons (Fsp3) is 0.381. The van der Waals surface area contributed by atoms with Crippen LogP contribution >= 0.6 is 11.6 Å². The average Bonchev–Trinajstić information content (AvgIpc) is 3.35. The van der Waals surface area contributed by atoms with Gasteiger partial charge in [-0.2, -0.15) is 19.8 Å². The fourth-order valence-electron chi connectivity index (χ4n) is 3.62. The Kier molecular flexibility index (Phi) is 5.94. The van der Waals surface area contributed by atoms with Gasteiger partial charge in [0.2, 0.25) is 0 Å². The molecule has 0 amide bonds. The molecule has 1 fully saturated rings.